The quantitative estimate of drug-likeness (QED) is 0.832. The van der Waals surface area contributed by atoms with E-state index in [4.69, 9.17) is 12.2 Å². The summed E-state index contributed by atoms with van der Waals surface area (Å²) in [5.41, 5.74) is 3.45. The standard InChI is InChI=1S/C11H16N4S/c1-3-4-8-9-10(14(2)13-8)15(7-5-6-7)11(16)12-9/h7H,3-6H2,1-2H3,(H,12,16). The smallest absolute Gasteiger partial charge is 0.179 e. The number of hydrogen-bond donors (Lipinski definition) is 1. The van der Waals surface area contributed by atoms with E-state index >= 15 is 0 Å². The maximum atomic E-state index is 5.39. The molecule has 0 aromatic carbocycles. The van der Waals surface area contributed by atoms with Gasteiger partial charge in [0.25, 0.3) is 0 Å². The van der Waals surface area contributed by atoms with Crippen molar-refractivity contribution < 1.29 is 0 Å². The highest BCUT2D eigenvalue weighted by Gasteiger charge is 2.28. The predicted octanol–water partition coefficient (Wildman–Crippen LogP) is 2.72. The Bertz CT molecular complexity index is 585. The summed E-state index contributed by atoms with van der Waals surface area (Å²) in [5.74, 6) is 0. The molecular weight excluding hydrogens is 220 g/mol. The number of aromatic amines is 1. The summed E-state index contributed by atoms with van der Waals surface area (Å²) in [4.78, 5) is 3.32. The van der Waals surface area contributed by atoms with E-state index in [1.165, 1.54) is 12.8 Å². The molecular formula is C11H16N4S. The Morgan fingerprint density at radius 3 is 2.88 bits per heavy atom. The zero-order chi connectivity index (χ0) is 11.3. The van der Waals surface area contributed by atoms with Crippen molar-refractivity contribution in [2.75, 3.05) is 0 Å². The molecule has 2 aromatic rings. The van der Waals surface area contributed by atoms with Crippen molar-refractivity contribution in [3.63, 3.8) is 0 Å². The van der Waals surface area contributed by atoms with Gasteiger partial charge in [-0.2, -0.15) is 5.10 Å². The monoisotopic (exact) mass is 236 g/mol. The van der Waals surface area contributed by atoms with Crippen molar-refractivity contribution in [3.8, 4) is 0 Å². The summed E-state index contributed by atoms with van der Waals surface area (Å²) in [6.07, 6.45) is 4.61. The second kappa shape index (κ2) is 3.45. The van der Waals surface area contributed by atoms with Crippen molar-refractivity contribution in [1.82, 2.24) is 19.3 Å². The van der Waals surface area contributed by atoms with Crippen LogP contribution in [0.5, 0.6) is 0 Å². The van der Waals surface area contributed by atoms with Crippen LogP contribution < -0.4 is 0 Å². The molecule has 1 N–H and O–H groups in total. The Kier molecular flexibility index (Phi) is 2.17. The van der Waals surface area contributed by atoms with E-state index in [1.54, 1.807) is 0 Å². The Labute approximate surface area is 99.3 Å². The maximum absolute atomic E-state index is 5.39. The lowest BCUT2D eigenvalue weighted by Gasteiger charge is -2.00. The van der Waals surface area contributed by atoms with Gasteiger partial charge in [-0.3, -0.25) is 9.25 Å². The predicted molar refractivity (Wildman–Crippen MR) is 66.2 cm³/mol. The molecule has 2 heterocycles. The number of nitrogens with one attached hydrogen (secondary N) is 1. The third kappa shape index (κ3) is 1.34. The zero-order valence-electron chi connectivity index (χ0n) is 9.66. The minimum atomic E-state index is 0.603. The first-order valence-corrected chi connectivity index (χ1v) is 6.29. The molecule has 0 spiro atoms. The van der Waals surface area contributed by atoms with Crippen molar-refractivity contribution in [3.05, 3.63) is 10.5 Å². The van der Waals surface area contributed by atoms with Crippen LogP contribution in [0.15, 0.2) is 0 Å². The molecule has 0 aliphatic heterocycles. The Hall–Kier alpha value is -1.10. The van der Waals surface area contributed by atoms with Crippen LogP contribution in [0.3, 0.4) is 0 Å². The molecule has 5 heteroatoms. The first-order chi connectivity index (χ1) is 7.72. The summed E-state index contributed by atoms with van der Waals surface area (Å²) in [5, 5.41) is 4.57. The average Bonchev–Trinajstić information content (AvgIpc) is 2.95. The lowest BCUT2D eigenvalue weighted by Crippen LogP contribution is -2.01. The molecule has 1 aliphatic rings. The number of aryl methyl sites for hydroxylation is 2. The van der Waals surface area contributed by atoms with Gasteiger partial charge in [-0.1, -0.05) is 13.3 Å². The molecule has 3 rings (SSSR count). The summed E-state index contributed by atoms with van der Waals surface area (Å²) in [7, 11) is 2.00. The Balaban J connectivity index is 2.27. The molecule has 4 nitrogen and oxygen atoms in total. The molecule has 1 fully saturated rings. The molecule has 0 saturated heterocycles. The second-order valence-corrected chi connectivity index (χ2v) is 4.94. The van der Waals surface area contributed by atoms with Crippen molar-refractivity contribution in [2.24, 2.45) is 7.05 Å². The molecule has 0 radical (unpaired) electrons. The van der Waals surface area contributed by atoms with Crippen molar-refractivity contribution >= 4 is 23.4 Å². The lowest BCUT2D eigenvalue weighted by atomic mass is 10.2. The van der Waals surface area contributed by atoms with Gasteiger partial charge < -0.3 is 4.98 Å². The van der Waals surface area contributed by atoms with E-state index in [9.17, 15) is 0 Å². The topological polar surface area (TPSA) is 38.5 Å². The van der Waals surface area contributed by atoms with E-state index in [2.05, 4.69) is 21.6 Å². The van der Waals surface area contributed by atoms with Gasteiger partial charge >= 0.3 is 0 Å². The molecule has 86 valence electrons. The van der Waals surface area contributed by atoms with Crippen LogP contribution in [0, 0.1) is 4.77 Å². The highest BCUT2D eigenvalue weighted by atomic mass is 32.1. The van der Waals surface area contributed by atoms with Gasteiger partial charge in [-0.15, -0.1) is 0 Å². The minimum Gasteiger partial charge on any atom is -0.328 e. The number of nitrogens with zero attached hydrogens (tertiary/aromatic N) is 3. The van der Waals surface area contributed by atoms with E-state index in [-0.39, 0.29) is 0 Å². The first-order valence-electron chi connectivity index (χ1n) is 5.88. The Morgan fingerprint density at radius 2 is 2.25 bits per heavy atom. The first kappa shape index (κ1) is 10.1. The summed E-state index contributed by atoms with van der Waals surface area (Å²) < 4.78 is 5.05. The number of hydrogen-bond acceptors (Lipinski definition) is 2. The van der Waals surface area contributed by atoms with Gasteiger partial charge in [0.05, 0.1) is 5.69 Å². The molecule has 16 heavy (non-hydrogen) atoms. The van der Waals surface area contributed by atoms with Crippen LogP contribution >= 0.6 is 12.2 Å². The number of fused-ring (bicyclic) bond motifs is 1. The fraction of sp³-hybridized carbons (Fsp3) is 0.636. The zero-order valence-corrected chi connectivity index (χ0v) is 10.5. The second-order valence-electron chi connectivity index (χ2n) is 4.55. The third-order valence-corrected chi connectivity index (χ3v) is 3.47. The number of H-pyrrole nitrogens is 1. The van der Waals surface area contributed by atoms with Crippen LogP contribution in [0.25, 0.3) is 11.2 Å². The maximum Gasteiger partial charge on any atom is 0.179 e. The minimum absolute atomic E-state index is 0.603. The fourth-order valence-electron chi connectivity index (χ4n) is 2.32. The van der Waals surface area contributed by atoms with Crippen LogP contribution in [0.4, 0.5) is 0 Å². The SMILES string of the molecule is CCCc1nn(C)c2c1[nH]c(=S)n2C1CC1. The molecule has 0 bridgehead atoms. The van der Waals surface area contributed by atoms with Gasteiger partial charge in [0.15, 0.2) is 10.4 Å². The molecule has 0 unspecified atom stereocenters. The summed E-state index contributed by atoms with van der Waals surface area (Å²) in [6, 6.07) is 0.603. The summed E-state index contributed by atoms with van der Waals surface area (Å²) >= 11 is 5.39. The Morgan fingerprint density at radius 1 is 1.50 bits per heavy atom. The molecule has 1 aliphatic carbocycles. The van der Waals surface area contributed by atoms with Crippen molar-refractivity contribution in [1.29, 1.82) is 0 Å². The third-order valence-electron chi connectivity index (χ3n) is 3.17. The number of aromatic nitrogens is 4. The normalized spacial score (nSPS) is 16.1. The lowest BCUT2D eigenvalue weighted by molar-refractivity contribution is 0.681. The van der Waals surface area contributed by atoms with Crippen LogP contribution in [0.2, 0.25) is 0 Å². The van der Waals surface area contributed by atoms with Gasteiger partial charge in [0.1, 0.15) is 5.52 Å². The summed E-state index contributed by atoms with van der Waals surface area (Å²) in [6.45, 7) is 2.17. The average molecular weight is 236 g/mol. The van der Waals surface area contributed by atoms with Crippen LogP contribution in [0.1, 0.15) is 37.9 Å². The van der Waals surface area contributed by atoms with Gasteiger partial charge in [0.2, 0.25) is 0 Å². The van der Waals surface area contributed by atoms with Crippen LogP contribution in [-0.2, 0) is 13.5 Å². The highest BCUT2D eigenvalue weighted by Crippen LogP contribution is 2.38. The molecule has 1 saturated carbocycles. The van der Waals surface area contributed by atoms with Gasteiger partial charge in [-0.25, -0.2) is 0 Å². The highest BCUT2D eigenvalue weighted by molar-refractivity contribution is 7.71. The van der Waals surface area contributed by atoms with Crippen LogP contribution in [-0.4, -0.2) is 19.3 Å². The van der Waals surface area contributed by atoms with E-state index in [0.717, 1.165) is 34.5 Å². The fourth-order valence-corrected chi connectivity index (χ4v) is 2.66. The molecule has 0 amide bonds. The van der Waals surface area contributed by atoms with Gasteiger partial charge in [0, 0.05) is 13.1 Å². The van der Waals surface area contributed by atoms with E-state index in [0.29, 0.717) is 6.04 Å². The largest absolute Gasteiger partial charge is 0.328 e. The van der Waals surface area contributed by atoms with E-state index < -0.39 is 0 Å². The number of imidazole rings is 1. The van der Waals surface area contributed by atoms with Gasteiger partial charge in [-0.05, 0) is 31.5 Å². The van der Waals surface area contributed by atoms with Crippen molar-refractivity contribution in [2.45, 2.75) is 38.6 Å². The molecule has 2 aromatic heterocycles. The molecule has 0 atom stereocenters. The number of rotatable bonds is 3. The van der Waals surface area contributed by atoms with E-state index in [1.807, 2.05) is 11.7 Å².